The van der Waals surface area contributed by atoms with Gasteiger partial charge in [0.25, 0.3) is 0 Å². The van der Waals surface area contributed by atoms with Crippen molar-refractivity contribution in [2.24, 2.45) is 16.9 Å². The number of allylic oxidation sites excluding steroid dienone is 2. The van der Waals surface area contributed by atoms with Gasteiger partial charge >= 0.3 is 0 Å². The van der Waals surface area contributed by atoms with Crippen LogP contribution in [0, 0.1) is 11.8 Å². The van der Waals surface area contributed by atoms with Crippen molar-refractivity contribution in [1.29, 1.82) is 0 Å². The minimum Gasteiger partial charge on any atom is -0.358 e. The molecule has 0 aliphatic heterocycles. The van der Waals surface area contributed by atoms with Crippen LogP contribution >= 0.6 is 12.2 Å². The van der Waals surface area contributed by atoms with E-state index in [1.165, 1.54) is 12.1 Å². The summed E-state index contributed by atoms with van der Waals surface area (Å²) in [6, 6.07) is 0. The van der Waals surface area contributed by atoms with Crippen LogP contribution in [0.3, 0.4) is 0 Å². The molecule has 2 rings (SSSR count). The molecule has 2 atom stereocenters. The summed E-state index contributed by atoms with van der Waals surface area (Å²) in [6.07, 6.45) is 8.57. The molecule has 2 aliphatic rings. The van der Waals surface area contributed by atoms with E-state index in [4.69, 9.17) is 12.2 Å². The minimum absolute atomic E-state index is 0.563. The molecule has 0 spiro atoms. The third kappa shape index (κ3) is 2.26. The average molecular weight is 221 g/mol. The largest absolute Gasteiger partial charge is 0.358 e. The van der Waals surface area contributed by atoms with Crippen molar-refractivity contribution in [3.63, 3.8) is 0 Å². The van der Waals surface area contributed by atoms with Crippen LogP contribution in [-0.4, -0.2) is 17.4 Å². The number of thiocarbonyl (C=S) groups is 1. The number of fused-ring (bicyclic) bond motifs is 1. The van der Waals surface area contributed by atoms with Gasteiger partial charge in [0, 0.05) is 18.2 Å². The second kappa shape index (κ2) is 4.57. The van der Waals surface area contributed by atoms with Crippen LogP contribution in [-0.2, 0) is 0 Å². The maximum Gasteiger partial charge on any atom is 0.187 e. The predicted octanol–water partition coefficient (Wildman–Crippen LogP) is 1.59. The van der Waals surface area contributed by atoms with E-state index in [1.54, 1.807) is 6.08 Å². The molecule has 2 N–H and O–H groups in total. The summed E-state index contributed by atoms with van der Waals surface area (Å²) in [5, 5.41) is 7.84. The monoisotopic (exact) mass is 221 g/mol. The van der Waals surface area contributed by atoms with Gasteiger partial charge in [-0.05, 0) is 31.0 Å². The molecule has 0 radical (unpaired) electrons. The highest BCUT2D eigenvalue weighted by Gasteiger charge is 2.37. The Kier molecular flexibility index (Phi) is 3.16. The summed E-state index contributed by atoms with van der Waals surface area (Å²) in [4.78, 5) is 0. The van der Waals surface area contributed by atoms with Crippen LogP contribution in [0.4, 0.5) is 0 Å². The minimum atomic E-state index is 0.563. The van der Waals surface area contributed by atoms with Gasteiger partial charge < -0.3 is 5.32 Å². The quantitative estimate of drug-likeness (QED) is 0.432. The lowest BCUT2D eigenvalue weighted by Crippen LogP contribution is -2.38. The van der Waals surface area contributed by atoms with Crippen molar-refractivity contribution in [1.82, 2.24) is 10.7 Å². The first-order valence-corrected chi connectivity index (χ1v) is 5.60. The first-order valence-electron chi connectivity index (χ1n) is 5.19. The number of nitrogens with zero attached hydrogens (tertiary/aromatic N) is 1. The standard InChI is InChI=1S/C11H15N3S/c1-2-6-12-11(15)14-13-10-7-8-4-3-5-9(8)10/h2-3,5,8-9H,1,4,6-7H2,(H2,12,14,15). The van der Waals surface area contributed by atoms with Gasteiger partial charge in [-0.2, -0.15) is 5.10 Å². The molecule has 0 aromatic carbocycles. The summed E-state index contributed by atoms with van der Waals surface area (Å²) in [5.74, 6) is 1.37. The number of hydrogen-bond donors (Lipinski definition) is 2. The fourth-order valence-electron chi connectivity index (χ4n) is 1.99. The third-order valence-electron chi connectivity index (χ3n) is 2.85. The zero-order valence-corrected chi connectivity index (χ0v) is 9.39. The van der Waals surface area contributed by atoms with Gasteiger partial charge in [0.1, 0.15) is 0 Å². The van der Waals surface area contributed by atoms with Crippen molar-refractivity contribution in [2.45, 2.75) is 12.8 Å². The number of nitrogens with one attached hydrogen (secondary N) is 2. The molecule has 3 nitrogen and oxygen atoms in total. The van der Waals surface area contributed by atoms with Gasteiger partial charge in [0.05, 0.1) is 0 Å². The number of hydrogen-bond acceptors (Lipinski definition) is 2. The molecule has 2 unspecified atom stereocenters. The van der Waals surface area contributed by atoms with Crippen molar-refractivity contribution in [3.8, 4) is 0 Å². The average Bonchev–Trinajstić information content (AvgIpc) is 2.57. The van der Waals surface area contributed by atoms with Crippen LogP contribution in [0.1, 0.15) is 12.8 Å². The molecule has 80 valence electrons. The molecule has 1 fully saturated rings. The van der Waals surface area contributed by atoms with Gasteiger partial charge in [-0.15, -0.1) is 6.58 Å². The second-order valence-corrected chi connectivity index (χ2v) is 4.28. The van der Waals surface area contributed by atoms with Gasteiger partial charge in [0.2, 0.25) is 0 Å². The van der Waals surface area contributed by atoms with Gasteiger partial charge in [-0.25, -0.2) is 0 Å². The fraction of sp³-hybridized carbons (Fsp3) is 0.455. The van der Waals surface area contributed by atoms with E-state index in [0.717, 1.165) is 12.3 Å². The first-order chi connectivity index (χ1) is 7.31. The van der Waals surface area contributed by atoms with E-state index in [-0.39, 0.29) is 0 Å². The van der Waals surface area contributed by atoms with Crippen LogP contribution in [0.2, 0.25) is 0 Å². The third-order valence-corrected chi connectivity index (χ3v) is 3.09. The Balaban J connectivity index is 1.77. The Morgan fingerprint density at radius 1 is 1.73 bits per heavy atom. The molecule has 0 heterocycles. The molecule has 4 heteroatoms. The Morgan fingerprint density at radius 2 is 2.60 bits per heavy atom. The molecule has 1 saturated carbocycles. The molecule has 0 aromatic heterocycles. The topological polar surface area (TPSA) is 36.4 Å². The molecule has 0 amide bonds. The summed E-state index contributed by atoms with van der Waals surface area (Å²) < 4.78 is 0. The summed E-state index contributed by atoms with van der Waals surface area (Å²) >= 11 is 5.03. The molecular formula is C11H15N3S. The summed E-state index contributed by atoms with van der Waals surface area (Å²) in [6.45, 7) is 4.27. The molecular weight excluding hydrogens is 206 g/mol. The lowest BCUT2D eigenvalue weighted by atomic mass is 9.74. The number of rotatable bonds is 3. The van der Waals surface area contributed by atoms with Crippen LogP contribution in [0.15, 0.2) is 29.9 Å². The lowest BCUT2D eigenvalue weighted by Gasteiger charge is -2.31. The van der Waals surface area contributed by atoms with E-state index < -0.39 is 0 Å². The van der Waals surface area contributed by atoms with Gasteiger partial charge in [-0.1, -0.05) is 18.2 Å². The van der Waals surface area contributed by atoms with Crippen molar-refractivity contribution >= 4 is 23.0 Å². The van der Waals surface area contributed by atoms with Crippen LogP contribution in [0.5, 0.6) is 0 Å². The Hall–Kier alpha value is -1.16. The Bertz CT molecular complexity index is 333. The highest BCUT2D eigenvalue weighted by molar-refractivity contribution is 7.80. The molecule has 2 aliphatic carbocycles. The molecule has 15 heavy (non-hydrogen) atoms. The first kappa shape index (κ1) is 10.4. The summed E-state index contributed by atoms with van der Waals surface area (Å²) in [7, 11) is 0. The van der Waals surface area contributed by atoms with E-state index in [1.807, 2.05) is 0 Å². The van der Waals surface area contributed by atoms with Gasteiger partial charge in [-0.3, -0.25) is 5.43 Å². The highest BCUT2D eigenvalue weighted by Crippen LogP contribution is 2.39. The van der Waals surface area contributed by atoms with E-state index in [0.29, 0.717) is 17.6 Å². The van der Waals surface area contributed by atoms with E-state index in [9.17, 15) is 0 Å². The maximum absolute atomic E-state index is 5.03. The highest BCUT2D eigenvalue weighted by atomic mass is 32.1. The zero-order chi connectivity index (χ0) is 10.7. The van der Waals surface area contributed by atoms with Crippen molar-refractivity contribution < 1.29 is 0 Å². The fourth-order valence-corrected chi connectivity index (χ4v) is 2.12. The van der Waals surface area contributed by atoms with Crippen LogP contribution < -0.4 is 10.7 Å². The Morgan fingerprint density at radius 3 is 3.33 bits per heavy atom. The smallest absolute Gasteiger partial charge is 0.187 e. The van der Waals surface area contributed by atoms with E-state index >= 15 is 0 Å². The van der Waals surface area contributed by atoms with Crippen molar-refractivity contribution in [2.75, 3.05) is 6.54 Å². The maximum atomic E-state index is 5.03. The predicted molar refractivity (Wildman–Crippen MR) is 66.7 cm³/mol. The molecule has 0 bridgehead atoms. The van der Waals surface area contributed by atoms with E-state index in [2.05, 4.69) is 34.6 Å². The normalized spacial score (nSPS) is 29.5. The lowest BCUT2D eigenvalue weighted by molar-refractivity contribution is 0.444. The second-order valence-electron chi connectivity index (χ2n) is 3.87. The zero-order valence-electron chi connectivity index (χ0n) is 8.57. The Labute approximate surface area is 95.3 Å². The molecule has 0 aromatic rings. The summed E-state index contributed by atoms with van der Waals surface area (Å²) in [5.41, 5.74) is 4.08. The van der Waals surface area contributed by atoms with Gasteiger partial charge in [0.15, 0.2) is 5.11 Å². The molecule has 0 saturated heterocycles. The van der Waals surface area contributed by atoms with Crippen LogP contribution in [0.25, 0.3) is 0 Å². The number of hydrazone groups is 1. The van der Waals surface area contributed by atoms with Crippen molar-refractivity contribution in [3.05, 3.63) is 24.8 Å². The SMILES string of the molecule is C=CCNC(=S)NN=C1CC2CC=CC12.